The van der Waals surface area contributed by atoms with Gasteiger partial charge in [-0.2, -0.15) is 0 Å². The average molecular weight is 272 g/mol. The molecule has 1 aromatic heterocycles. The summed E-state index contributed by atoms with van der Waals surface area (Å²) < 4.78 is 5.29. The molecule has 1 aromatic carbocycles. The summed E-state index contributed by atoms with van der Waals surface area (Å²) >= 11 is 0. The quantitative estimate of drug-likeness (QED) is 0.820. The second-order valence-electron chi connectivity index (χ2n) is 5.58. The summed E-state index contributed by atoms with van der Waals surface area (Å²) in [5.41, 5.74) is 5.84. The molecule has 0 bridgehead atoms. The second-order valence-corrected chi connectivity index (χ2v) is 5.58. The van der Waals surface area contributed by atoms with Crippen molar-refractivity contribution in [1.82, 2.24) is 5.16 Å². The van der Waals surface area contributed by atoms with E-state index >= 15 is 0 Å². The molecule has 0 spiro atoms. The van der Waals surface area contributed by atoms with E-state index in [1.54, 1.807) is 0 Å². The molecule has 0 aliphatic rings. The SMILES string of the molecule is CCN(c1cc(-c2c(C)noc2C)ccc1C)C(C)C. The molecule has 0 aliphatic carbocycles. The van der Waals surface area contributed by atoms with E-state index in [1.807, 2.05) is 13.8 Å². The second kappa shape index (κ2) is 5.70. The summed E-state index contributed by atoms with van der Waals surface area (Å²) in [7, 11) is 0. The number of hydrogen-bond acceptors (Lipinski definition) is 3. The predicted octanol–water partition coefficient (Wildman–Crippen LogP) is 4.50. The first-order valence-electron chi connectivity index (χ1n) is 7.26. The highest BCUT2D eigenvalue weighted by Crippen LogP contribution is 2.32. The van der Waals surface area contributed by atoms with Gasteiger partial charge in [0.15, 0.2) is 0 Å². The van der Waals surface area contributed by atoms with E-state index in [4.69, 9.17) is 4.52 Å². The van der Waals surface area contributed by atoms with E-state index in [-0.39, 0.29) is 0 Å². The molecular weight excluding hydrogens is 248 g/mol. The van der Waals surface area contributed by atoms with E-state index in [2.05, 4.69) is 56.0 Å². The molecule has 0 atom stereocenters. The number of rotatable bonds is 4. The third-order valence-corrected chi connectivity index (χ3v) is 3.80. The molecule has 2 rings (SSSR count). The van der Waals surface area contributed by atoms with Gasteiger partial charge in [0, 0.05) is 23.8 Å². The van der Waals surface area contributed by atoms with Crippen molar-refractivity contribution >= 4 is 5.69 Å². The minimum Gasteiger partial charge on any atom is -0.369 e. The van der Waals surface area contributed by atoms with E-state index in [1.165, 1.54) is 16.8 Å². The summed E-state index contributed by atoms with van der Waals surface area (Å²) in [5, 5.41) is 4.06. The van der Waals surface area contributed by atoms with Crippen LogP contribution in [0.4, 0.5) is 5.69 Å². The smallest absolute Gasteiger partial charge is 0.141 e. The Balaban J connectivity index is 2.54. The van der Waals surface area contributed by atoms with E-state index in [9.17, 15) is 0 Å². The first-order chi connectivity index (χ1) is 9.45. The number of benzene rings is 1. The van der Waals surface area contributed by atoms with Crippen LogP contribution < -0.4 is 4.90 Å². The van der Waals surface area contributed by atoms with E-state index in [0.717, 1.165) is 23.6 Å². The molecule has 0 N–H and O–H groups in total. The molecule has 108 valence electrons. The lowest BCUT2D eigenvalue weighted by molar-refractivity contribution is 0.393. The molecule has 1 heterocycles. The van der Waals surface area contributed by atoms with Crippen LogP contribution >= 0.6 is 0 Å². The van der Waals surface area contributed by atoms with Crippen molar-refractivity contribution in [3.63, 3.8) is 0 Å². The van der Waals surface area contributed by atoms with Crippen molar-refractivity contribution < 1.29 is 4.52 Å². The van der Waals surface area contributed by atoms with Crippen LogP contribution in [0.2, 0.25) is 0 Å². The first-order valence-corrected chi connectivity index (χ1v) is 7.26. The summed E-state index contributed by atoms with van der Waals surface area (Å²) in [4.78, 5) is 2.41. The Labute approximate surface area is 121 Å². The number of aromatic nitrogens is 1. The zero-order valence-corrected chi connectivity index (χ0v) is 13.3. The van der Waals surface area contributed by atoms with Crippen molar-refractivity contribution in [3.8, 4) is 11.1 Å². The molecule has 3 heteroatoms. The van der Waals surface area contributed by atoms with Gasteiger partial charge in [-0.1, -0.05) is 17.3 Å². The molecule has 0 saturated heterocycles. The highest BCUT2D eigenvalue weighted by Gasteiger charge is 2.16. The zero-order chi connectivity index (χ0) is 14.9. The van der Waals surface area contributed by atoms with Gasteiger partial charge >= 0.3 is 0 Å². The number of nitrogens with zero attached hydrogens (tertiary/aromatic N) is 2. The Morgan fingerprint density at radius 3 is 2.40 bits per heavy atom. The number of hydrogen-bond donors (Lipinski definition) is 0. The van der Waals surface area contributed by atoms with Crippen LogP contribution in [-0.4, -0.2) is 17.7 Å². The minimum atomic E-state index is 0.485. The van der Waals surface area contributed by atoms with Gasteiger partial charge in [0.25, 0.3) is 0 Å². The lowest BCUT2D eigenvalue weighted by atomic mass is 10.0. The Bertz CT molecular complexity index is 580. The monoisotopic (exact) mass is 272 g/mol. The average Bonchev–Trinajstić information content (AvgIpc) is 2.72. The Kier molecular flexibility index (Phi) is 4.17. The standard InChI is InChI=1S/C17H24N2O/c1-7-19(11(2)3)16-10-15(9-8-12(16)4)17-13(5)18-20-14(17)6/h8-11H,7H2,1-6H3. The molecule has 0 radical (unpaired) electrons. The van der Waals surface area contributed by atoms with Crippen LogP contribution in [0.3, 0.4) is 0 Å². The van der Waals surface area contributed by atoms with Crippen molar-refractivity contribution in [1.29, 1.82) is 0 Å². The van der Waals surface area contributed by atoms with Crippen molar-refractivity contribution in [2.75, 3.05) is 11.4 Å². The van der Waals surface area contributed by atoms with Crippen LogP contribution in [0, 0.1) is 20.8 Å². The fourth-order valence-electron chi connectivity index (χ4n) is 2.78. The van der Waals surface area contributed by atoms with Gasteiger partial charge in [0.05, 0.1) is 5.69 Å². The van der Waals surface area contributed by atoms with Gasteiger partial charge in [-0.05, 0) is 58.7 Å². The predicted molar refractivity (Wildman–Crippen MR) is 84.3 cm³/mol. The normalized spacial score (nSPS) is 11.2. The van der Waals surface area contributed by atoms with Crippen LogP contribution in [0.15, 0.2) is 22.7 Å². The van der Waals surface area contributed by atoms with Crippen molar-refractivity contribution in [3.05, 3.63) is 35.2 Å². The molecule has 0 saturated carbocycles. The summed E-state index contributed by atoms with van der Waals surface area (Å²) in [5.74, 6) is 0.880. The molecule has 20 heavy (non-hydrogen) atoms. The number of aryl methyl sites for hydroxylation is 3. The molecule has 2 aromatic rings. The van der Waals surface area contributed by atoms with Gasteiger partial charge in [0.1, 0.15) is 5.76 Å². The lowest BCUT2D eigenvalue weighted by Crippen LogP contribution is -2.30. The van der Waals surface area contributed by atoms with Crippen LogP contribution in [0.5, 0.6) is 0 Å². The summed E-state index contributed by atoms with van der Waals surface area (Å²) in [6, 6.07) is 7.07. The van der Waals surface area contributed by atoms with E-state index < -0.39 is 0 Å². The highest BCUT2D eigenvalue weighted by molar-refractivity contribution is 5.73. The van der Waals surface area contributed by atoms with Crippen molar-refractivity contribution in [2.24, 2.45) is 0 Å². The zero-order valence-electron chi connectivity index (χ0n) is 13.3. The highest BCUT2D eigenvalue weighted by atomic mass is 16.5. The maximum Gasteiger partial charge on any atom is 0.141 e. The first kappa shape index (κ1) is 14.6. The maximum absolute atomic E-state index is 5.29. The number of anilines is 1. The van der Waals surface area contributed by atoms with Gasteiger partial charge in [-0.25, -0.2) is 0 Å². The molecular formula is C17H24N2O. The summed E-state index contributed by atoms with van der Waals surface area (Å²) in [6.45, 7) is 13.8. The molecule has 0 fully saturated rings. The van der Waals surface area contributed by atoms with Gasteiger partial charge < -0.3 is 9.42 Å². The fourth-order valence-corrected chi connectivity index (χ4v) is 2.78. The van der Waals surface area contributed by atoms with Gasteiger partial charge in [-0.15, -0.1) is 0 Å². The Morgan fingerprint density at radius 2 is 1.90 bits per heavy atom. The Morgan fingerprint density at radius 1 is 1.20 bits per heavy atom. The molecule has 0 unspecified atom stereocenters. The maximum atomic E-state index is 5.29. The van der Waals surface area contributed by atoms with Crippen LogP contribution in [-0.2, 0) is 0 Å². The third kappa shape index (κ3) is 2.58. The van der Waals surface area contributed by atoms with Crippen molar-refractivity contribution in [2.45, 2.75) is 47.6 Å². The fraction of sp³-hybridized carbons (Fsp3) is 0.471. The third-order valence-electron chi connectivity index (χ3n) is 3.80. The van der Waals surface area contributed by atoms with Gasteiger partial charge in [0.2, 0.25) is 0 Å². The molecule has 0 amide bonds. The largest absolute Gasteiger partial charge is 0.369 e. The lowest BCUT2D eigenvalue weighted by Gasteiger charge is -2.29. The molecule has 3 nitrogen and oxygen atoms in total. The van der Waals surface area contributed by atoms with Crippen LogP contribution in [0.1, 0.15) is 37.8 Å². The van der Waals surface area contributed by atoms with E-state index in [0.29, 0.717) is 6.04 Å². The van der Waals surface area contributed by atoms with Crippen LogP contribution in [0.25, 0.3) is 11.1 Å². The summed E-state index contributed by atoms with van der Waals surface area (Å²) in [6.07, 6.45) is 0. The Hall–Kier alpha value is -1.77. The van der Waals surface area contributed by atoms with Gasteiger partial charge in [-0.3, -0.25) is 0 Å². The molecule has 0 aliphatic heterocycles. The minimum absolute atomic E-state index is 0.485. The topological polar surface area (TPSA) is 29.3 Å².